The second-order valence-corrected chi connectivity index (χ2v) is 5.45. The molecular formula is C16H15Cl2NO2. The van der Waals surface area contributed by atoms with Crippen LogP contribution in [0.15, 0.2) is 42.5 Å². The highest BCUT2D eigenvalue weighted by molar-refractivity contribution is 6.31. The van der Waals surface area contributed by atoms with Gasteiger partial charge in [-0.2, -0.15) is 0 Å². The Morgan fingerprint density at radius 3 is 2.71 bits per heavy atom. The Morgan fingerprint density at radius 1 is 1.19 bits per heavy atom. The Labute approximate surface area is 133 Å². The van der Waals surface area contributed by atoms with Gasteiger partial charge in [-0.15, -0.1) is 0 Å². The fourth-order valence-corrected chi connectivity index (χ4v) is 2.08. The monoisotopic (exact) mass is 323 g/mol. The first kappa shape index (κ1) is 15.7. The summed E-state index contributed by atoms with van der Waals surface area (Å²) in [6.45, 7) is 2.26. The lowest BCUT2D eigenvalue weighted by Gasteiger charge is -2.09. The first-order valence-electron chi connectivity index (χ1n) is 6.44. The molecule has 5 heteroatoms. The van der Waals surface area contributed by atoms with E-state index < -0.39 is 0 Å². The first-order valence-corrected chi connectivity index (χ1v) is 7.20. The lowest BCUT2D eigenvalue weighted by molar-refractivity contribution is -0.123. The smallest absolute Gasteiger partial charge is 0.258 e. The standard InChI is InChI=1S/C16H15Cl2NO2/c1-11-7-14(5-6-15(11)18)21-10-16(20)19-9-12-3-2-4-13(17)8-12/h2-8H,9-10H2,1H3,(H,19,20). The Hall–Kier alpha value is -1.71. The number of nitrogens with one attached hydrogen (secondary N) is 1. The van der Waals surface area contributed by atoms with Gasteiger partial charge in [0.15, 0.2) is 6.61 Å². The number of hydrogen-bond acceptors (Lipinski definition) is 2. The van der Waals surface area contributed by atoms with Crippen LogP contribution >= 0.6 is 23.2 Å². The Morgan fingerprint density at radius 2 is 2.00 bits per heavy atom. The van der Waals surface area contributed by atoms with Crippen molar-refractivity contribution in [1.29, 1.82) is 0 Å². The SMILES string of the molecule is Cc1cc(OCC(=O)NCc2cccc(Cl)c2)ccc1Cl. The Balaban J connectivity index is 1.80. The molecule has 0 aliphatic heterocycles. The minimum atomic E-state index is -0.192. The van der Waals surface area contributed by atoms with Crippen LogP contribution in [-0.2, 0) is 11.3 Å². The molecule has 1 N–H and O–H groups in total. The molecule has 2 rings (SSSR count). The molecule has 0 atom stereocenters. The molecule has 3 nitrogen and oxygen atoms in total. The Kier molecular flexibility index (Phi) is 5.48. The van der Waals surface area contributed by atoms with Crippen molar-refractivity contribution in [3.8, 4) is 5.75 Å². The van der Waals surface area contributed by atoms with Gasteiger partial charge >= 0.3 is 0 Å². The number of benzene rings is 2. The van der Waals surface area contributed by atoms with E-state index in [-0.39, 0.29) is 12.5 Å². The fourth-order valence-electron chi connectivity index (χ4n) is 1.75. The van der Waals surface area contributed by atoms with Gasteiger partial charge in [0.25, 0.3) is 5.91 Å². The minimum absolute atomic E-state index is 0.0400. The van der Waals surface area contributed by atoms with E-state index in [4.69, 9.17) is 27.9 Å². The number of aryl methyl sites for hydroxylation is 1. The topological polar surface area (TPSA) is 38.3 Å². The highest BCUT2D eigenvalue weighted by atomic mass is 35.5. The van der Waals surface area contributed by atoms with E-state index >= 15 is 0 Å². The third-order valence-electron chi connectivity index (χ3n) is 2.88. The molecule has 21 heavy (non-hydrogen) atoms. The highest BCUT2D eigenvalue weighted by Gasteiger charge is 2.04. The largest absolute Gasteiger partial charge is 0.484 e. The maximum absolute atomic E-state index is 11.7. The third kappa shape index (κ3) is 4.96. The van der Waals surface area contributed by atoms with Crippen LogP contribution in [0.25, 0.3) is 0 Å². The summed E-state index contributed by atoms with van der Waals surface area (Å²) in [7, 11) is 0. The summed E-state index contributed by atoms with van der Waals surface area (Å²) >= 11 is 11.8. The van der Waals surface area contributed by atoms with E-state index in [0.29, 0.717) is 22.3 Å². The van der Waals surface area contributed by atoms with E-state index in [1.807, 2.05) is 25.1 Å². The fraction of sp³-hybridized carbons (Fsp3) is 0.188. The van der Waals surface area contributed by atoms with Gasteiger partial charge in [0.1, 0.15) is 5.75 Å². The van der Waals surface area contributed by atoms with Crippen LogP contribution in [0.2, 0.25) is 10.0 Å². The summed E-state index contributed by atoms with van der Waals surface area (Å²) in [5.74, 6) is 0.428. The van der Waals surface area contributed by atoms with Crippen molar-refractivity contribution in [1.82, 2.24) is 5.32 Å². The van der Waals surface area contributed by atoms with Gasteiger partial charge in [0, 0.05) is 16.6 Å². The maximum atomic E-state index is 11.7. The summed E-state index contributed by atoms with van der Waals surface area (Å²) in [5.41, 5.74) is 1.85. The number of hydrogen-bond donors (Lipinski definition) is 1. The van der Waals surface area contributed by atoms with Gasteiger partial charge < -0.3 is 10.1 Å². The third-order valence-corrected chi connectivity index (χ3v) is 3.54. The van der Waals surface area contributed by atoms with Gasteiger partial charge in [0.2, 0.25) is 0 Å². The number of carbonyl (C=O) groups excluding carboxylic acids is 1. The van der Waals surface area contributed by atoms with E-state index in [9.17, 15) is 4.79 Å². The normalized spacial score (nSPS) is 10.2. The molecule has 110 valence electrons. The molecule has 2 aromatic carbocycles. The van der Waals surface area contributed by atoms with Gasteiger partial charge in [-0.25, -0.2) is 0 Å². The number of rotatable bonds is 5. The molecule has 2 aromatic rings. The Bertz CT molecular complexity index is 644. The van der Waals surface area contributed by atoms with Crippen molar-refractivity contribution < 1.29 is 9.53 Å². The van der Waals surface area contributed by atoms with E-state index in [0.717, 1.165) is 11.1 Å². The first-order chi connectivity index (χ1) is 10.0. The molecule has 1 amide bonds. The van der Waals surface area contributed by atoms with E-state index in [1.165, 1.54) is 0 Å². The average Bonchev–Trinajstić information content (AvgIpc) is 2.46. The molecule has 0 saturated heterocycles. The van der Waals surface area contributed by atoms with Crippen molar-refractivity contribution in [2.45, 2.75) is 13.5 Å². The van der Waals surface area contributed by atoms with Crippen molar-refractivity contribution >= 4 is 29.1 Å². The number of amides is 1. The van der Waals surface area contributed by atoms with Crippen LogP contribution < -0.4 is 10.1 Å². The lowest BCUT2D eigenvalue weighted by Crippen LogP contribution is -2.28. The minimum Gasteiger partial charge on any atom is -0.484 e. The summed E-state index contributed by atoms with van der Waals surface area (Å²) < 4.78 is 5.42. The van der Waals surface area contributed by atoms with E-state index in [1.54, 1.807) is 24.3 Å². The number of ether oxygens (including phenoxy) is 1. The van der Waals surface area contributed by atoms with Crippen LogP contribution in [0, 0.1) is 6.92 Å². The molecule has 0 bridgehead atoms. The molecular weight excluding hydrogens is 309 g/mol. The lowest BCUT2D eigenvalue weighted by atomic mass is 10.2. The quantitative estimate of drug-likeness (QED) is 0.903. The number of carbonyl (C=O) groups is 1. The van der Waals surface area contributed by atoms with Gasteiger partial charge in [0.05, 0.1) is 0 Å². The zero-order valence-electron chi connectivity index (χ0n) is 11.5. The molecule has 0 fully saturated rings. The molecule has 0 aromatic heterocycles. The summed E-state index contributed by atoms with van der Waals surface area (Å²) in [6, 6.07) is 12.6. The van der Waals surface area contributed by atoms with Gasteiger partial charge in [-0.1, -0.05) is 35.3 Å². The van der Waals surface area contributed by atoms with Crippen LogP contribution in [0.3, 0.4) is 0 Å². The van der Waals surface area contributed by atoms with Gasteiger partial charge in [-0.05, 0) is 48.4 Å². The van der Waals surface area contributed by atoms with Crippen molar-refractivity contribution in [3.63, 3.8) is 0 Å². The van der Waals surface area contributed by atoms with Crippen LogP contribution in [0.1, 0.15) is 11.1 Å². The predicted molar refractivity (Wildman–Crippen MR) is 85.0 cm³/mol. The summed E-state index contributed by atoms with van der Waals surface area (Å²) in [6.07, 6.45) is 0. The van der Waals surface area contributed by atoms with E-state index in [2.05, 4.69) is 5.32 Å². The zero-order valence-corrected chi connectivity index (χ0v) is 13.0. The van der Waals surface area contributed by atoms with Crippen LogP contribution in [-0.4, -0.2) is 12.5 Å². The average molecular weight is 324 g/mol. The van der Waals surface area contributed by atoms with Crippen LogP contribution in [0.4, 0.5) is 0 Å². The van der Waals surface area contributed by atoms with Crippen molar-refractivity contribution in [3.05, 3.63) is 63.6 Å². The summed E-state index contributed by atoms with van der Waals surface area (Å²) in [4.78, 5) is 11.7. The maximum Gasteiger partial charge on any atom is 0.258 e. The highest BCUT2D eigenvalue weighted by Crippen LogP contribution is 2.20. The molecule has 0 unspecified atom stereocenters. The number of halogens is 2. The van der Waals surface area contributed by atoms with Crippen molar-refractivity contribution in [2.24, 2.45) is 0 Å². The molecule has 0 saturated carbocycles. The molecule has 0 heterocycles. The predicted octanol–water partition coefficient (Wildman–Crippen LogP) is 4.00. The zero-order chi connectivity index (χ0) is 15.2. The van der Waals surface area contributed by atoms with Crippen LogP contribution in [0.5, 0.6) is 5.75 Å². The van der Waals surface area contributed by atoms with Crippen molar-refractivity contribution in [2.75, 3.05) is 6.61 Å². The molecule has 0 spiro atoms. The second-order valence-electron chi connectivity index (χ2n) is 4.61. The van der Waals surface area contributed by atoms with Gasteiger partial charge in [-0.3, -0.25) is 4.79 Å². The second kappa shape index (κ2) is 7.34. The summed E-state index contributed by atoms with van der Waals surface area (Å²) in [5, 5.41) is 4.10. The molecule has 0 aliphatic carbocycles. The molecule has 0 radical (unpaired) electrons. The molecule has 0 aliphatic rings.